The van der Waals surface area contributed by atoms with E-state index in [0.29, 0.717) is 0 Å². The molecule has 0 saturated heterocycles. The maximum atomic E-state index is 5.51. The van der Waals surface area contributed by atoms with Crippen LogP contribution in [0, 0.1) is 0 Å². The monoisotopic (exact) mass is 293 g/mol. The molecule has 0 amide bonds. The number of methoxy groups -OCH3 is 2. The molecule has 0 radical (unpaired) electrons. The lowest BCUT2D eigenvalue weighted by Gasteiger charge is -2.45. The molecule has 0 atom stereocenters. The van der Waals surface area contributed by atoms with Crippen LogP contribution >= 0.6 is 0 Å². The summed E-state index contributed by atoms with van der Waals surface area (Å²) >= 11 is 0. The van der Waals surface area contributed by atoms with E-state index in [1.807, 2.05) is 0 Å². The van der Waals surface area contributed by atoms with Crippen LogP contribution in [-0.2, 0) is 9.47 Å². The van der Waals surface area contributed by atoms with Crippen LogP contribution in [0.4, 0.5) is 0 Å². The maximum absolute atomic E-state index is 5.51. The minimum atomic E-state index is -1.25. The van der Waals surface area contributed by atoms with Crippen molar-refractivity contribution in [2.75, 3.05) is 20.8 Å². The summed E-state index contributed by atoms with van der Waals surface area (Å²) in [6, 6.07) is 0. The first kappa shape index (κ1) is 17.5. The third-order valence-corrected chi connectivity index (χ3v) is 12.3. The lowest BCUT2D eigenvalue weighted by molar-refractivity contribution is -0.146. The van der Waals surface area contributed by atoms with Gasteiger partial charge in [-0.15, -0.1) is 0 Å². The first-order valence-electron chi connectivity index (χ1n) is 6.34. The quantitative estimate of drug-likeness (QED) is 0.526. The van der Waals surface area contributed by atoms with E-state index in [-0.39, 0.29) is 5.41 Å². The minimum absolute atomic E-state index is 0.308. The fourth-order valence-corrected chi connectivity index (χ4v) is 12.1. The SMILES string of the molecule is COC([SiH3])(CCN([Si](C)(C)C)[Si](C)(C)C)OC. The Kier molecular flexibility index (Phi) is 6.31. The normalized spacial score (nSPS) is 14.6. The van der Waals surface area contributed by atoms with Gasteiger partial charge in [-0.25, -0.2) is 0 Å². The zero-order valence-corrected chi connectivity index (χ0v) is 17.2. The van der Waals surface area contributed by atoms with Crippen LogP contribution in [-0.4, -0.2) is 57.1 Å². The fourth-order valence-electron chi connectivity index (χ4n) is 2.28. The molecule has 0 aliphatic rings. The Hall–Kier alpha value is 0.531. The van der Waals surface area contributed by atoms with Crippen molar-refractivity contribution in [3.63, 3.8) is 0 Å². The van der Waals surface area contributed by atoms with Gasteiger partial charge in [-0.1, -0.05) is 39.3 Å². The molecular weight excluding hydrogens is 262 g/mol. The van der Waals surface area contributed by atoms with E-state index in [2.05, 4.69) is 43.5 Å². The minimum Gasteiger partial charge on any atom is -0.358 e. The third kappa shape index (κ3) is 5.80. The van der Waals surface area contributed by atoms with E-state index in [4.69, 9.17) is 9.47 Å². The Balaban J connectivity index is 4.70. The van der Waals surface area contributed by atoms with Gasteiger partial charge in [0, 0.05) is 20.6 Å². The summed E-state index contributed by atoms with van der Waals surface area (Å²) in [5.41, 5.74) is -0.308. The number of hydrogen-bond donors (Lipinski definition) is 0. The summed E-state index contributed by atoms with van der Waals surface area (Å²) in [6.07, 6.45) is 0.987. The molecule has 0 heterocycles. The summed E-state index contributed by atoms with van der Waals surface area (Å²) < 4.78 is 13.8. The van der Waals surface area contributed by atoms with Gasteiger partial charge in [-0.3, -0.25) is 0 Å². The van der Waals surface area contributed by atoms with Crippen LogP contribution in [0.5, 0.6) is 0 Å². The molecule has 0 aromatic heterocycles. The van der Waals surface area contributed by atoms with Crippen LogP contribution in [0.15, 0.2) is 0 Å². The van der Waals surface area contributed by atoms with Gasteiger partial charge in [0.05, 0.1) is 10.2 Å². The molecule has 0 aliphatic heterocycles. The van der Waals surface area contributed by atoms with Crippen LogP contribution in [0.3, 0.4) is 0 Å². The van der Waals surface area contributed by atoms with Gasteiger partial charge in [0.1, 0.15) is 21.9 Å². The smallest absolute Gasteiger partial charge is 0.141 e. The molecule has 3 nitrogen and oxygen atoms in total. The van der Waals surface area contributed by atoms with Gasteiger partial charge in [-0.05, 0) is 6.54 Å². The van der Waals surface area contributed by atoms with Crippen molar-refractivity contribution < 1.29 is 9.47 Å². The largest absolute Gasteiger partial charge is 0.358 e. The lowest BCUT2D eigenvalue weighted by Crippen LogP contribution is -2.60. The highest BCUT2D eigenvalue weighted by atomic mass is 28.4. The van der Waals surface area contributed by atoms with E-state index in [9.17, 15) is 0 Å². The Morgan fingerprint density at radius 1 is 0.941 bits per heavy atom. The van der Waals surface area contributed by atoms with E-state index in [1.54, 1.807) is 14.2 Å². The molecule has 0 aromatic rings. The summed E-state index contributed by atoms with van der Waals surface area (Å²) in [5.74, 6) is 0. The zero-order valence-electron chi connectivity index (χ0n) is 13.2. The molecule has 17 heavy (non-hydrogen) atoms. The number of nitrogens with zero attached hydrogens (tertiary/aromatic N) is 1. The Morgan fingerprint density at radius 3 is 1.53 bits per heavy atom. The Bertz CT molecular complexity index is 218. The molecule has 0 saturated carbocycles. The Labute approximate surface area is 112 Å². The lowest BCUT2D eigenvalue weighted by atomic mass is 10.4. The van der Waals surface area contributed by atoms with Gasteiger partial charge in [0.2, 0.25) is 0 Å². The van der Waals surface area contributed by atoms with Crippen LogP contribution in [0.25, 0.3) is 0 Å². The van der Waals surface area contributed by atoms with Crippen molar-refractivity contribution in [1.29, 1.82) is 0 Å². The van der Waals surface area contributed by atoms with E-state index in [1.165, 1.54) is 0 Å². The molecule has 0 bridgehead atoms. The zero-order chi connectivity index (χ0) is 13.9. The second kappa shape index (κ2) is 6.12. The molecular formula is C11H31NO2Si3. The van der Waals surface area contributed by atoms with Gasteiger partial charge >= 0.3 is 0 Å². The average Bonchev–Trinajstić information content (AvgIpc) is 2.13. The second-order valence-electron chi connectivity index (χ2n) is 6.79. The third-order valence-electron chi connectivity index (χ3n) is 3.27. The van der Waals surface area contributed by atoms with Crippen molar-refractivity contribution in [3.05, 3.63) is 0 Å². The van der Waals surface area contributed by atoms with Crippen LogP contribution < -0.4 is 0 Å². The van der Waals surface area contributed by atoms with Crippen LogP contribution in [0.1, 0.15) is 6.42 Å². The fraction of sp³-hybridized carbons (Fsp3) is 1.00. The molecule has 0 N–H and O–H groups in total. The van der Waals surface area contributed by atoms with E-state index >= 15 is 0 Å². The van der Waals surface area contributed by atoms with Crippen molar-refractivity contribution in [1.82, 2.24) is 4.23 Å². The average molecular weight is 294 g/mol. The predicted molar refractivity (Wildman–Crippen MR) is 84.7 cm³/mol. The van der Waals surface area contributed by atoms with Crippen molar-refractivity contribution in [2.24, 2.45) is 0 Å². The van der Waals surface area contributed by atoms with Gasteiger partial charge < -0.3 is 13.7 Å². The summed E-state index contributed by atoms with van der Waals surface area (Å²) in [5, 5.41) is 0. The second-order valence-corrected chi connectivity index (χ2v) is 18.5. The van der Waals surface area contributed by atoms with E-state index < -0.39 is 16.5 Å². The summed E-state index contributed by atoms with van der Waals surface area (Å²) in [6.45, 7) is 15.7. The topological polar surface area (TPSA) is 21.7 Å². The van der Waals surface area contributed by atoms with Crippen LogP contribution in [0.2, 0.25) is 39.3 Å². The van der Waals surface area contributed by atoms with Crippen molar-refractivity contribution in [3.8, 4) is 0 Å². The number of hydrogen-bond acceptors (Lipinski definition) is 3. The standard InChI is InChI=1S/C11H31NO2Si3/c1-13-11(15,14-2)9-10-12(16(3,4)5)17(6,7)8/h9-10H2,1-8,15H3. The summed E-state index contributed by atoms with van der Waals surface area (Å²) in [4.78, 5) is 0. The molecule has 0 aromatic carbocycles. The van der Waals surface area contributed by atoms with Crippen molar-refractivity contribution >= 4 is 26.7 Å². The predicted octanol–water partition coefficient (Wildman–Crippen LogP) is 1.66. The molecule has 0 fully saturated rings. The number of ether oxygens (including phenoxy) is 2. The highest BCUT2D eigenvalue weighted by Gasteiger charge is 2.35. The van der Waals surface area contributed by atoms with Crippen molar-refractivity contribution in [2.45, 2.75) is 51.1 Å². The molecule has 0 spiro atoms. The highest BCUT2D eigenvalue weighted by molar-refractivity contribution is 6.89. The molecule has 104 valence electrons. The van der Waals surface area contributed by atoms with E-state index in [0.717, 1.165) is 23.2 Å². The molecule has 6 heteroatoms. The van der Waals surface area contributed by atoms with Gasteiger partial charge in [0.25, 0.3) is 0 Å². The first-order chi connectivity index (χ1) is 7.46. The Morgan fingerprint density at radius 2 is 1.29 bits per heavy atom. The molecule has 0 rings (SSSR count). The highest BCUT2D eigenvalue weighted by Crippen LogP contribution is 2.22. The van der Waals surface area contributed by atoms with Gasteiger partial charge in [0.15, 0.2) is 0 Å². The number of rotatable bonds is 7. The molecule has 0 unspecified atom stereocenters. The summed E-state index contributed by atoms with van der Waals surface area (Å²) in [7, 11) is 1.92. The maximum Gasteiger partial charge on any atom is 0.141 e. The van der Waals surface area contributed by atoms with Gasteiger partial charge in [-0.2, -0.15) is 0 Å². The molecule has 0 aliphatic carbocycles. The first-order valence-corrected chi connectivity index (χ1v) is 14.2.